The monoisotopic (exact) mass is 503 g/mol. The summed E-state index contributed by atoms with van der Waals surface area (Å²) in [6.07, 6.45) is -5.25. The van der Waals surface area contributed by atoms with Crippen LogP contribution in [-0.2, 0) is 24.1 Å². The standard InChI is InChI=1S/C26H33NO9/c1-32-18-5-4-13-8-17-15-10-20(35-26-24(31)23(30)22(29)21(12-28)36-26)19(33-2)9-14(15)6-7-27(17)11-16(13)25(18)34-3/h4-5,9-10,17,21-24,26,28-31H,6-8,11-12H2,1-3H3/t17-,21?,22?,23-,24?,26?/m0/s1. The summed E-state index contributed by atoms with van der Waals surface area (Å²) in [5.74, 6) is 2.30. The van der Waals surface area contributed by atoms with Crippen LogP contribution >= 0.6 is 0 Å². The van der Waals surface area contributed by atoms with Crippen molar-refractivity contribution >= 4 is 0 Å². The maximum absolute atomic E-state index is 10.5. The first-order valence-corrected chi connectivity index (χ1v) is 12.0. The zero-order valence-electron chi connectivity index (χ0n) is 20.6. The number of hydrogen-bond acceptors (Lipinski definition) is 10. The molecule has 3 heterocycles. The molecule has 0 radical (unpaired) electrons. The van der Waals surface area contributed by atoms with E-state index in [0.717, 1.165) is 48.4 Å². The molecule has 3 aliphatic rings. The van der Waals surface area contributed by atoms with Crippen molar-refractivity contribution in [2.24, 2.45) is 0 Å². The van der Waals surface area contributed by atoms with E-state index >= 15 is 0 Å². The summed E-state index contributed by atoms with van der Waals surface area (Å²) in [4.78, 5) is 2.40. The number of benzene rings is 2. The van der Waals surface area contributed by atoms with Crippen LogP contribution in [0.3, 0.4) is 0 Å². The molecule has 0 saturated carbocycles. The Labute approximate surface area is 209 Å². The highest BCUT2D eigenvalue weighted by atomic mass is 16.7. The van der Waals surface area contributed by atoms with Gasteiger partial charge in [-0.3, -0.25) is 4.90 Å². The number of aliphatic hydroxyl groups excluding tert-OH is 4. The van der Waals surface area contributed by atoms with Gasteiger partial charge in [0.2, 0.25) is 6.29 Å². The Kier molecular flexibility index (Phi) is 6.99. The van der Waals surface area contributed by atoms with Gasteiger partial charge in [-0.1, -0.05) is 6.07 Å². The second-order valence-electron chi connectivity index (χ2n) is 9.40. The number of rotatable bonds is 6. The molecule has 0 amide bonds. The highest BCUT2D eigenvalue weighted by molar-refractivity contribution is 5.54. The number of nitrogens with zero attached hydrogens (tertiary/aromatic N) is 1. The minimum atomic E-state index is -1.53. The first kappa shape index (κ1) is 25.1. The number of hydrogen-bond donors (Lipinski definition) is 4. The highest BCUT2D eigenvalue weighted by Crippen LogP contribution is 2.46. The molecule has 5 rings (SSSR count). The zero-order valence-corrected chi connectivity index (χ0v) is 20.6. The summed E-state index contributed by atoms with van der Waals surface area (Å²) in [5.41, 5.74) is 4.55. The van der Waals surface area contributed by atoms with Gasteiger partial charge in [-0.05, 0) is 47.7 Å². The topological polar surface area (TPSA) is 130 Å². The van der Waals surface area contributed by atoms with Crippen LogP contribution in [0.25, 0.3) is 0 Å². The van der Waals surface area contributed by atoms with Crippen molar-refractivity contribution in [3.63, 3.8) is 0 Å². The highest BCUT2D eigenvalue weighted by Gasteiger charge is 2.45. The van der Waals surface area contributed by atoms with Crippen molar-refractivity contribution in [3.8, 4) is 23.0 Å². The summed E-state index contributed by atoms with van der Waals surface area (Å²) in [5, 5.41) is 40.2. The third-order valence-corrected chi connectivity index (χ3v) is 7.51. The average molecular weight is 504 g/mol. The van der Waals surface area contributed by atoms with Crippen LogP contribution in [0.1, 0.15) is 28.3 Å². The van der Waals surface area contributed by atoms with Crippen LogP contribution in [0.4, 0.5) is 0 Å². The van der Waals surface area contributed by atoms with Crippen molar-refractivity contribution < 1.29 is 44.1 Å². The fourth-order valence-electron chi connectivity index (χ4n) is 5.54. The SMILES string of the molecule is COc1cc2c(cc1OC1OC(CO)C(O)[C@H](O)C1O)[C@@H]1Cc3ccc(OC)c(OC)c3CN1CC2. The van der Waals surface area contributed by atoms with E-state index in [0.29, 0.717) is 17.2 Å². The van der Waals surface area contributed by atoms with Crippen LogP contribution in [0.5, 0.6) is 23.0 Å². The van der Waals surface area contributed by atoms with Gasteiger partial charge >= 0.3 is 0 Å². The molecule has 1 saturated heterocycles. The van der Waals surface area contributed by atoms with Gasteiger partial charge in [-0.2, -0.15) is 0 Å². The Hall–Kier alpha value is -2.60. The van der Waals surface area contributed by atoms with E-state index in [4.69, 9.17) is 23.7 Å². The Morgan fingerprint density at radius 1 is 0.917 bits per heavy atom. The van der Waals surface area contributed by atoms with E-state index in [9.17, 15) is 20.4 Å². The second kappa shape index (κ2) is 10.0. The van der Waals surface area contributed by atoms with Crippen LogP contribution in [0, 0.1) is 0 Å². The minimum absolute atomic E-state index is 0.0995. The van der Waals surface area contributed by atoms with E-state index in [1.54, 1.807) is 14.2 Å². The summed E-state index contributed by atoms with van der Waals surface area (Å²) < 4.78 is 28.3. The molecule has 10 nitrogen and oxygen atoms in total. The molecule has 4 unspecified atom stereocenters. The molecule has 2 aromatic carbocycles. The van der Waals surface area contributed by atoms with Gasteiger partial charge in [0.05, 0.1) is 27.9 Å². The molecule has 1 fully saturated rings. The molecule has 0 bridgehead atoms. The largest absolute Gasteiger partial charge is 0.493 e. The van der Waals surface area contributed by atoms with E-state index in [2.05, 4.69) is 11.0 Å². The van der Waals surface area contributed by atoms with Crippen molar-refractivity contribution in [2.45, 2.75) is 56.1 Å². The van der Waals surface area contributed by atoms with E-state index in [-0.39, 0.29) is 6.04 Å². The van der Waals surface area contributed by atoms with Crippen molar-refractivity contribution in [3.05, 3.63) is 46.5 Å². The van der Waals surface area contributed by atoms with Gasteiger partial charge in [0.15, 0.2) is 23.0 Å². The Morgan fingerprint density at radius 3 is 2.39 bits per heavy atom. The second-order valence-corrected chi connectivity index (χ2v) is 9.40. The maximum Gasteiger partial charge on any atom is 0.229 e. The van der Waals surface area contributed by atoms with Gasteiger partial charge in [-0.15, -0.1) is 0 Å². The molecule has 6 atom stereocenters. The normalized spacial score (nSPS) is 29.5. The lowest BCUT2D eigenvalue weighted by Crippen LogP contribution is -2.60. The molecular weight excluding hydrogens is 470 g/mol. The summed E-state index contributed by atoms with van der Waals surface area (Å²) in [6.45, 7) is 1.05. The van der Waals surface area contributed by atoms with Crippen molar-refractivity contribution in [2.75, 3.05) is 34.5 Å². The molecule has 0 aromatic heterocycles. The molecule has 36 heavy (non-hydrogen) atoms. The van der Waals surface area contributed by atoms with Crippen LogP contribution < -0.4 is 18.9 Å². The van der Waals surface area contributed by atoms with Gasteiger partial charge < -0.3 is 44.1 Å². The van der Waals surface area contributed by atoms with E-state index < -0.39 is 37.3 Å². The lowest BCUT2D eigenvalue weighted by Gasteiger charge is -2.42. The average Bonchev–Trinajstić information content (AvgIpc) is 2.91. The molecule has 3 aliphatic heterocycles. The number of aliphatic hydroxyl groups is 4. The molecule has 2 aromatic rings. The zero-order chi connectivity index (χ0) is 25.6. The fourth-order valence-corrected chi connectivity index (χ4v) is 5.54. The predicted octanol–water partition coefficient (Wildman–Crippen LogP) is 0.547. The number of fused-ring (bicyclic) bond motifs is 4. The first-order valence-electron chi connectivity index (χ1n) is 12.0. The predicted molar refractivity (Wildman–Crippen MR) is 127 cm³/mol. The van der Waals surface area contributed by atoms with E-state index in [1.165, 1.54) is 12.7 Å². The summed E-state index contributed by atoms with van der Waals surface area (Å²) in [6, 6.07) is 7.95. The van der Waals surface area contributed by atoms with Gasteiger partial charge in [-0.25, -0.2) is 0 Å². The lowest BCUT2D eigenvalue weighted by molar-refractivity contribution is -0.277. The fraction of sp³-hybridized carbons (Fsp3) is 0.538. The third kappa shape index (κ3) is 4.17. The van der Waals surface area contributed by atoms with Gasteiger partial charge in [0.25, 0.3) is 0 Å². The van der Waals surface area contributed by atoms with Crippen LogP contribution in [-0.4, -0.2) is 90.5 Å². The molecule has 0 spiro atoms. The van der Waals surface area contributed by atoms with Gasteiger partial charge in [0, 0.05) is 24.7 Å². The van der Waals surface area contributed by atoms with E-state index in [1.807, 2.05) is 18.2 Å². The molecule has 4 N–H and O–H groups in total. The van der Waals surface area contributed by atoms with Crippen molar-refractivity contribution in [1.82, 2.24) is 4.90 Å². The van der Waals surface area contributed by atoms with Crippen LogP contribution in [0.2, 0.25) is 0 Å². The summed E-state index contributed by atoms with van der Waals surface area (Å²) in [7, 11) is 4.83. The quantitative estimate of drug-likeness (QED) is 0.443. The molecule has 0 aliphatic carbocycles. The number of methoxy groups -OCH3 is 3. The molecular formula is C26H33NO9. The first-order chi connectivity index (χ1) is 17.4. The third-order valence-electron chi connectivity index (χ3n) is 7.51. The van der Waals surface area contributed by atoms with Crippen molar-refractivity contribution in [1.29, 1.82) is 0 Å². The minimum Gasteiger partial charge on any atom is -0.493 e. The van der Waals surface area contributed by atoms with Gasteiger partial charge in [0.1, 0.15) is 24.4 Å². The maximum atomic E-state index is 10.5. The summed E-state index contributed by atoms with van der Waals surface area (Å²) >= 11 is 0. The molecule has 10 heteroatoms. The lowest BCUT2D eigenvalue weighted by atomic mass is 9.83. The molecule has 196 valence electrons. The Morgan fingerprint density at radius 2 is 1.69 bits per heavy atom. The Balaban J connectivity index is 1.47. The Bertz CT molecular complexity index is 1110. The smallest absolute Gasteiger partial charge is 0.229 e. The van der Waals surface area contributed by atoms with Crippen LogP contribution in [0.15, 0.2) is 24.3 Å². The number of ether oxygens (including phenoxy) is 5.